The smallest absolute Gasteiger partial charge is 0.259 e. The van der Waals surface area contributed by atoms with Crippen LogP contribution < -0.4 is 4.90 Å². The molecule has 0 aromatic heterocycles. The van der Waals surface area contributed by atoms with Gasteiger partial charge in [-0.05, 0) is 67.3 Å². The second kappa shape index (κ2) is 9.12. The summed E-state index contributed by atoms with van der Waals surface area (Å²) in [5.74, 6) is -0.305. The van der Waals surface area contributed by atoms with Gasteiger partial charge in [0.2, 0.25) is 0 Å². The minimum Gasteiger partial charge on any atom is -0.339 e. The van der Waals surface area contributed by atoms with Crippen LogP contribution in [-0.4, -0.2) is 34.0 Å². The molecule has 168 valence electrons. The second-order valence-corrected chi connectivity index (χ2v) is 10.2. The van der Waals surface area contributed by atoms with Crippen LogP contribution in [0.4, 0.5) is 5.69 Å². The topological polar surface area (TPSA) is 57.7 Å². The lowest BCUT2D eigenvalue weighted by molar-refractivity contribution is 0.0724. The molecule has 0 spiro atoms. The van der Waals surface area contributed by atoms with Gasteiger partial charge in [0.25, 0.3) is 11.8 Å². The van der Waals surface area contributed by atoms with Crippen LogP contribution in [0.2, 0.25) is 5.02 Å². The highest BCUT2D eigenvalue weighted by atomic mass is 35.5. The number of likely N-dealkylation sites (tertiary alicyclic amines) is 1. The predicted molar refractivity (Wildman–Crippen MR) is 129 cm³/mol. The molecule has 0 aliphatic carbocycles. The van der Waals surface area contributed by atoms with E-state index in [1.807, 2.05) is 23.1 Å². The summed E-state index contributed by atoms with van der Waals surface area (Å²) >= 11 is 6.19. The molecule has 0 unspecified atom stereocenters. The number of amides is 2. The van der Waals surface area contributed by atoms with Crippen LogP contribution in [0.3, 0.4) is 0 Å². The second-order valence-electron chi connectivity index (χ2n) is 8.32. The van der Waals surface area contributed by atoms with Crippen molar-refractivity contribution in [2.75, 3.05) is 18.0 Å². The van der Waals surface area contributed by atoms with Crippen LogP contribution in [0.25, 0.3) is 0 Å². The Morgan fingerprint density at radius 1 is 0.909 bits per heavy atom. The summed E-state index contributed by atoms with van der Waals surface area (Å²) in [4.78, 5) is 31.3. The first kappa shape index (κ1) is 21.9. The summed E-state index contributed by atoms with van der Waals surface area (Å²) in [7, 11) is -1.55. The Balaban J connectivity index is 1.62. The van der Waals surface area contributed by atoms with Crippen LogP contribution >= 0.6 is 11.6 Å². The lowest BCUT2D eigenvalue weighted by atomic mass is 10.1. The van der Waals surface area contributed by atoms with E-state index >= 15 is 0 Å². The van der Waals surface area contributed by atoms with Gasteiger partial charge in [0, 0.05) is 23.7 Å². The molecule has 2 amide bonds. The lowest BCUT2D eigenvalue weighted by Crippen LogP contribution is -2.36. The van der Waals surface area contributed by atoms with Crippen molar-refractivity contribution in [3.63, 3.8) is 0 Å². The van der Waals surface area contributed by atoms with E-state index in [0.29, 0.717) is 31.6 Å². The molecule has 2 heterocycles. The fourth-order valence-corrected chi connectivity index (χ4v) is 6.01. The van der Waals surface area contributed by atoms with Gasteiger partial charge in [-0.3, -0.25) is 9.59 Å². The largest absolute Gasteiger partial charge is 0.339 e. The van der Waals surface area contributed by atoms with Crippen molar-refractivity contribution in [1.29, 1.82) is 0 Å². The van der Waals surface area contributed by atoms with Crippen molar-refractivity contribution in [2.24, 2.45) is 0 Å². The maximum Gasteiger partial charge on any atom is 0.259 e. The molecule has 7 heteroatoms. The van der Waals surface area contributed by atoms with Crippen molar-refractivity contribution in [1.82, 2.24) is 4.90 Å². The zero-order valence-electron chi connectivity index (χ0n) is 18.0. The Bertz CT molecular complexity index is 1270. The molecule has 0 N–H and O–H groups in total. The van der Waals surface area contributed by atoms with E-state index in [9.17, 15) is 13.8 Å². The number of carbonyl (C=O) groups excluding carboxylic acids is 2. The van der Waals surface area contributed by atoms with Crippen LogP contribution in [0.1, 0.15) is 45.5 Å². The summed E-state index contributed by atoms with van der Waals surface area (Å²) in [6.45, 7) is 1.72. The molecule has 2 aliphatic rings. The Morgan fingerprint density at radius 2 is 1.70 bits per heavy atom. The number of fused-ring (bicyclic) bond motifs is 2. The number of nitrogens with zero attached hydrogens (tertiary/aromatic N) is 2. The Kier molecular flexibility index (Phi) is 6.04. The zero-order valence-corrected chi connectivity index (χ0v) is 19.6. The van der Waals surface area contributed by atoms with E-state index in [1.54, 1.807) is 53.4 Å². The summed E-state index contributed by atoms with van der Waals surface area (Å²) in [5.41, 5.74) is 2.25. The van der Waals surface area contributed by atoms with Crippen molar-refractivity contribution >= 4 is 39.9 Å². The highest BCUT2D eigenvalue weighted by molar-refractivity contribution is 7.85. The molecule has 1 atom stereocenters. The van der Waals surface area contributed by atoms with Crippen LogP contribution in [0, 0.1) is 0 Å². The van der Waals surface area contributed by atoms with Crippen molar-refractivity contribution in [3.05, 3.63) is 88.4 Å². The standard InChI is InChI=1S/C26H23ClN2O3S/c27-20-8-6-7-18(15-20)17-29-22-16-19(25(30)28-13-4-1-5-14-28)11-12-24(22)33(32)23-10-3-2-9-21(23)26(29)31/h2-3,6-12,15-16H,1,4-5,13-14,17H2/t33-/m1/s1. The van der Waals surface area contributed by atoms with Crippen LogP contribution in [-0.2, 0) is 17.3 Å². The number of piperidine rings is 1. The normalized spacial score (nSPS) is 17.8. The third-order valence-corrected chi connectivity index (χ3v) is 7.87. The predicted octanol–water partition coefficient (Wildman–Crippen LogP) is 5.29. The van der Waals surface area contributed by atoms with Gasteiger partial charge in [-0.25, -0.2) is 4.21 Å². The summed E-state index contributed by atoms with van der Waals surface area (Å²) < 4.78 is 13.5. The fraction of sp³-hybridized carbons (Fsp3) is 0.231. The first-order chi connectivity index (χ1) is 16.0. The molecule has 0 bridgehead atoms. The SMILES string of the molecule is O=C(c1ccc2c(c1)N(Cc1cccc(Cl)c1)C(=O)c1ccccc1[S@]2=O)N1CCCCC1. The number of anilines is 1. The minimum atomic E-state index is -1.55. The maximum absolute atomic E-state index is 13.7. The highest BCUT2D eigenvalue weighted by Gasteiger charge is 2.32. The van der Waals surface area contributed by atoms with Crippen molar-refractivity contribution in [2.45, 2.75) is 35.6 Å². The van der Waals surface area contributed by atoms with Gasteiger partial charge >= 0.3 is 0 Å². The summed E-state index contributed by atoms with van der Waals surface area (Å²) in [5, 5.41) is 0.577. The molecule has 1 fully saturated rings. The van der Waals surface area contributed by atoms with Crippen molar-refractivity contribution < 1.29 is 13.8 Å². The van der Waals surface area contributed by atoms with E-state index in [-0.39, 0.29) is 18.4 Å². The monoisotopic (exact) mass is 478 g/mol. The molecule has 5 nitrogen and oxygen atoms in total. The number of hydrogen-bond acceptors (Lipinski definition) is 3. The average molecular weight is 479 g/mol. The molecule has 1 saturated heterocycles. The van der Waals surface area contributed by atoms with Gasteiger partial charge in [0.1, 0.15) is 0 Å². The Hall–Kier alpha value is -2.96. The number of benzene rings is 3. The lowest BCUT2D eigenvalue weighted by Gasteiger charge is -2.28. The van der Waals surface area contributed by atoms with Gasteiger partial charge in [-0.1, -0.05) is 35.9 Å². The van der Waals surface area contributed by atoms with E-state index in [2.05, 4.69) is 0 Å². The first-order valence-corrected chi connectivity index (χ1v) is 12.6. The third-order valence-electron chi connectivity index (χ3n) is 6.13. The van der Waals surface area contributed by atoms with Gasteiger partial charge in [0.15, 0.2) is 0 Å². The molecular formula is C26H23ClN2O3S. The number of halogens is 1. The number of rotatable bonds is 3. The minimum absolute atomic E-state index is 0.0554. The highest BCUT2D eigenvalue weighted by Crippen LogP contribution is 2.36. The maximum atomic E-state index is 13.7. The Morgan fingerprint density at radius 3 is 2.48 bits per heavy atom. The van der Waals surface area contributed by atoms with Gasteiger partial charge in [-0.2, -0.15) is 0 Å². The molecule has 0 saturated carbocycles. The van der Waals surface area contributed by atoms with Crippen molar-refractivity contribution in [3.8, 4) is 0 Å². The number of carbonyl (C=O) groups is 2. The fourth-order valence-electron chi connectivity index (χ4n) is 4.45. The summed E-state index contributed by atoms with van der Waals surface area (Å²) in [6.07, 6.45) is 3.12. The van der Waals surface area contributed by atoms with E-state index in [1.165, 1.54) is 0 Å². The molecule has 33 heavy (non-hydrogen) atoms. The molecular weight excluding hydrogens is 456 g/mol. The van der Waals surface area contributed by atoms with Gasteiger partial charge < -0.3 is 9.80 Å². The number of hydrogen-bond donors (Lipinski definition) is 0. The molecule has 5 rings (SSSR count). The van der Waals surface area contributed by atoms with Crippen LogP contribution in [0.15, 0.2) is 76.5 Å². The quantitative estimate of drug-likeness (QED) is 0.513. The molecule has 3 aromatic rings. The van der Waals surface area contributed by atoms with E-state index in [0.717, 1.165) is 37.9 Å². The zero-order chi connectivity index (χ0) is 22.9. The van der Waals surface area contributed by atoms with E-state index in [4.69, 9.17) is 11.6 Å². The van der Waals surface area contributed by atoms with Gasteiger partial charge in [-0.15, -0.1) is 0 Å². The molecule has 3 aromatic carbocycles. The third kappa shape index (κ3) is 4.21. The Labute approximate surface area is 200 Å². The van der Waals surface area contributed by atoms with Crippen LogP contribution in [0.5, 0.6) is 0 Å². The first-order valence-electron chi connectivity index (χ1n) is 11.0. The van der Waals surface area contributed by atoms with E-state index < -0.39 is 10.8 Å². The summed E-state index contributed by atoms with van der Waals surface area (Å²) in [6, 6.07) is 19.5. The molecule has 2 aliphatic heterocycles. The molecule has 0 radical (unpaired) electrons. The van der Waals surface area contributed by atoms with Gasteiger partial charge in [0.05, 0.1) is 38.4 Å². The average Bonchev–Trinajstić information content (AvgIpc) is 2.93.